The average molecular weight is 606 g/mol. The number of nitrogens with one attached hydrogen (secondary N) is 3. The van der Waals surface area contributed by atoms with Crippen molar-refractivity contribution in [3.63, 3.8) is 0 Å². The monoisotopic (exact) mass is 604 g/mol. The summed E-state index contributed by atoms with van der Waals surface area (Å²) >= 11 is 15.3. The number of nitrogens with two attached hydrogens (primary N) is 1. The summed E-state index contributed by atoms with van der Waals surface area (Å²) in [5.74, 6) is -3.09. The van der Waals surface area contributed by atoms with Gasteiger partial charge in [0.25, 0.3) is 11.8 Å². The highest BCUT2D eigenvalue weighted by Crippen LogP contribution is 2.29. The van der Waals surface area contributed by atoms with E-state index in [2.05, 4.69) is 26.6 Å². The Bertz CT molecular complexity index is 1130. The number of benzene rings is 2. The number of halogens is 3. The maximum Gasteiger partial charge on any atom is 0.326 e. The number of hydrogen-bond donors (Lipinski definition) is 5. The zero-order chi connectivity index (χ0) is 25.4. The van der Waals surface area contributed by atoms with E-state index in [1.807, 2.05) is 0 Å². The van der Waals surface area contributed by atoms with Crippen molar-refractivity contribution in [2.24, 2.45) is 5.73 Å². The molecule has 0 bridgehead atoms. The quantitative estimate of drug-likeness (QED) is 0.195. The highest BCUT2D eigenvalue weighted by atomic mass is 79.9. The van der Waals surface area contributed by atoms with Crippen LogP contribution in [0.5, 0.6) is 0 Å². The van der Waals surface area contributed by atoms with Gasteiger partial charge < -0.3 is 21.5 Å². The molecule has 0 fully saturated rings. The van der Waals surface area contributed by atoms with Crippen molar-refractivity contribution < 1.29 is 24.3 Å². The van der Waals surface area contributed by atoms with E-state index in [-0.39, 0.29) is 60.7 Å². The first-order valence-electron chi connectivity index (χ1n) is 9.88. The summed E-state index contributed by atoms with van der Waals surface area (Å²) in [6.07, 6.45) is -0.210. The number of aliphatic carboxylic acids is 1. The van der Waals surface area contributed by atoms with E-state index in [9.17, 15) is 24.3 Å². The fraction of sp³-hybridized carbons (Fsp3) is 0.227. The summed E-state index contributed by atoms with van der Waals surface area (Å²) in [4.78, 5) is 48.6. The van der Waals surface area contributed by atoms with Gasteiger partial charge in [0.2, 0.25) is 0 Å². The third-order valence-corrected chi connectivity index (χ3v) is 5.63. The van der Waals surface area contributed by atoms with Gasteiger partial charge in [0.1, 0.15) is 6.04 Å². The molecule has 0 saturated heterocycles. The molecule has 2 amide bonds. The molecule has 0 aliphatic heterocycles. The predicted molar refractivity (Wildman–Crippen MR) is 142 cm³/mol. The molecule has 1 atom stereocenters. The van der Waals surface area contributed by atoms with Crippen LogP contribution in [0, 0.1) is 5.41 Å². The largest absolute Gasteiger partial charge is 0.480 e. The number of carbonyl (C=O) groups is 4. The van der Waals surface area contributed by atoms with Crippen LogP contribution >= 0.6 is 52.6 Å². The maximum absolute atomic E-state index is 12.5. The van der Waals surface area contributed by atoms with E-state index in [1.54, 1.807) is 24.3 Å². The fourth-order valence-corrected chi connectivity index (χ4v) is 4.34. The molecule has 35 heavy (non-hydrogen) atoms. The molecule has 0 aromatic heterocycles. The van der Waals surface area contributed by atoms with Crippen molar-refractivity contribution in [2.45, 2.75) is 25.3 Å². The first-order chi connectivity index (χ1) is 16.0. The van der Waals surface area contributed by atoms with Gasteiger partial charge in [-0.15, -0.1) is 0 Å². The molecule has 0 radical (unpaired) electrons. The van der Waals surface area contributed by atoms with Crippen LogP contribution in [0.25, 0.3) is 0 Å². The Morgan fingerprint density at radius 3 is 2.29 bits per heavy atom. The summed E-state index contributed by atoms with van der Waals surface area (Å²) in [6, 6.07) is 8.00. The maximum atomic E-state index is 12.5. The zero-order valence-corrected chi connectivity index (χ0v) is 22.3. The molecule has 2 aromatic rings. The highest BCUT2D eigenvalue weighted by molar-refractivity contribution is 9.10. The molecular formula is C22H23BrCl2N4O5S. The summed E-state index contributed by atoms with van der Waals surface area (Å²) in [7, 11) is 0. The molecule has 13 heteroatoms. The average Bonchev–Trinajstić information content (AvgIpc) is 2.73. The van der Waals surface area contributed by atoms with Crippen LogP contribution in [0.1, 0.15) is 39.1 Å². The molecule has 0 spiro atoms. The van der Waals surface area contributed by atoms with Gasteiger partial charge in [-0.3, -0.25) is 19.8 Å². The molecule has 2 rings (SSSR count). The SMILES string of the molecule is N=C(N)Cc1cccc(C(=O)NCC(=O)CC[C@H](NC(=O)c2c(Cl)cc(Br)cc2Cl)C(=O)O)c1.S. The Kier molecular flexibility index (Phi) is 12.2. The minimum Gasteiger partial charge on any atom is -0.480 e. The predicted octanol–water partition coefficient (Wildman–Crippen LogP) is 3.31. The van der Waals surface area contributed by atoms with E-state index in [0.717, 1.165) is 0 Å². The first-order valence-corrected chi connectivity index (χ1v) is 11.4. The van der Waals surface area contributed by atoms with E-state index in [0.29, 0.717) is 15.6 Å². The highest BCUT2D eigenvalue weighted by Gasteiger charge is 2.24. The van der Waals surface area contributed by atoms with Gasteiger partial charge in [0.15, 0.2) is 5.78 Å². The molecule has 9 nitrogen and oxygen atoms in total. The molecule has 6 N–H and O–H groups in total. The third kappa shape index (κ3) is 9.52. The molecule has 0 saturated carbocycles. The van der Waals surface area contributed by atoms with Crippen LogP contribution < -0.4 is 16.4 Å². The Labute approximate surface area is 226 Å². The van der Waals surface area contributed by atoms with Gasteiger partial charge in [-0.2, -0.15) is 13.5 Å². The van der Waals surface area contributed by atoms with Crippen LogP contribution in [0.2, 0.25) is 10.0 Å². The van der Waals surface area contributed by atoms with Gasteiger partial charge in [-0.05, 0) is 36.2 Å². The Hall–Kier alpha value is -2.60. The fourth-order valence-electron chi connectivity index (χ4n) is 2.96. The standard InChI is InChI=1S/C22H21BrCl2N4O5.H2S/c23-13-8-15(24)19(16(25)9-13)21(32)29-17(22(33)34)5-4-14(30)10-28-20(31)12-3-1-2-11(6-12)7-18(26)27;/h1-3,6,8-9,17H,4-5,7,10H2,(H3,26,27)(H,28,31)(H,29,32)(H,33,34);1H2/t17-;/m0./s1. The zero-order valence-electron chi connectivity index (χ0n) is 18.2. The summed E-state index contributed by atoms with van der Waals surface area (Å²) in [5, 5.41) is 21.6. The topological polar surface area (TPSA) is 162 Å². The minimum atomic E-state index is -1.37. The smallest absolute Gasteiger partial charge is 0.326 e. The molecule has 0 aliphatic carbocycles. The van der Waals surface area contributed by atoms with E-state index in [4.69, 9.17) is 34.3 Å². The van der Waals surface area contributed by atoms with Gasteiger partial charge in [0.05, 0.1) is 28.0 Å². The lowest BCUT2D eigenvalue weighted by atomic mass is 10.1. The molecule has 0 unspecified atom stereocenters. The molecule has 0 aliphatic rings. The third-order valence-electron chi connectivity index (χ3n) is 4.58. The van der Waals surface area contributed by atoms with Crippen molar-refractivity contribution in [3.8, 4) is 0 Å². The summed E-state index contributed by atoms with van der Waals surface area (Å²) < 4.78 is 0.548. The van der Waals surface area contributed by atoms with E-state index in [1.165, 1.54) is 12.1 Å². The number of amides is 2. The Morgan fingerprint density at radius 1 is 1.09 bits per heavy atom. The number of carbonyl (C=O) groups excluding carboxylic acids is 3. The molecular weight excluding hydrogens is 583 g/mol. The van der Waals surface area contributed by atoms with Crippen LogP contribution in [0.4, 0.5) is 0 Å². The van der Waals surface area contributed by atoms with E-state index < -0.39 is 29.6 Å². The molecule has 2 aromatic carbocycles. The number of rotatable bonds is 11. The van der Waals surface area contributed by atoms with Crippen molar-refractivity contribution in [1.82, 2.24) is 10.6 Å². The lowest BCUT2D eigenvalue weighted by Crippen LogP contribution is -2.41. The molecule has 0 heterocycles. The van der Waals surface area contributed by atoms with Gasteiger partial charge in [-0.1, -0.05) is 51.3 Å². The number of carboxylic acids is 1. The summed E-state index contributed by atoms with van der Waals surface area (Å²) in [6.45, 7) is -0.319. The summed E-state index contributed by atoms with van der Waals surface area (Å²) in [5.41, 5.74) is 6.26. The van der Waals surface area contributed by atoms with Crippen LogP contribution in [0.15, 0.2) is 40.9 Å². The van der Waals surface area contributed by atoms with Crippen LogP contribution in [0.3, 0.4) is 0 Å². The van der Waals surface area contributed by atoms with Crippen LogP contribution in [-0.2, 0) is 16.0 Å². The molecule has 188 valence electrons. The second kappa shape index (κ2) is 14.1. The number of carboxylic acid groups (broad SMARTS) is 1. The Morgan fingerprint density at radius 2 is 1.71 bits per heavy atom. The number of hydrogen-bond acceptors (Lipinski definition) is 5. The normalized spacial score (nSPS) is 11.1. The first kappa shape index (κ1) is 30.4. The van der Waals surface area contributed by atoms with Crippen LogP contribution in [-0.4, -0.2) is 47.1 Å². The van der Waals surface area contributed by atoms with Gasteiger partial charge >= 0.3 is 5.97 Å². The Balaban J connectivity index is 0.00000612. The lowest BCUT2D eigenvalue weighted by molar-refractivity contribution is -0.139. The van der Waals surface area contributed by atoms with Crippen molar-refractivity contribution in [1.29, 1.82) is 5.41 Å². The van der Waals surface area contributed by atoms with Gasteiger partial charge in [0, 0.05) is 22.9 Å². The van der Waals surface area contributed by atoms with Crippen molar-refractivity contribution in [3.05, 3.63) is 67.6 Å². The van der Waals surface area contributed by atoms with E-state index >= 15 is 0 Å². The second-order valence-corrected chi connectivity index (χ2v) is 9.00. The number of ketones is 1. The number of Topliss-reactive ketones (excluding diaryl/α,β-unsaturated/α-hetero) is 1. The van der Waals surface area contributed by atoms with Crippen molar-refractivity contribution in [2.75, 3.05) is 6.54 Å². The lowest BCUT2D eigenvalue weighted by Gasteiger charge is -2.16. The number of amidine groups is 1. The minimum absolute atomic E-state index is 0. The van der Waals surface area contributed by atoms with Crippen molar-refractivity contribution >= 4 is 82.0 Å². The second-order valence-electron chi connectivity index (χ2n) is 7.27. The van der Waals surface area contributed by atoms with Gasteiger partial charge in [-0.25, -0.2) is 4.79 Å².